The molecule has 2 rings (SSSR count). The van der Waals surface area contributed by atoms with Crippen molar-refractivity contribution in [1.82, 2.24) is 4.31 Å². The van der Waals surface area contributed by atoms with Crippen LogP contribution in [-0.4, -0.2) is 32.4 Å². The van der Waals surface area contributed by atoms with E-state index in [4.69, 9.17) is 5.73 Å². The summed E-state index contributed by atoms with van der Waals surface area (Å²) in [4.78, 5) is 0.335. The summed E-state index contributed by atoms with van der Waals surface area (Å²) in [5.74, 6) is 6.17. The second-order valence-corrected chi connectivity index (χ2v) is 7.22. The zero-order valence-corrected chi connectivity index (χ0v) is 13.2. The fourth-order valence-corrected chi connectivity index (χ4v) is 3.90. The summed E-state index contributed by atoms with van der Waals surface area (Å²) < 4.78 is 26.8. The van der Waals surface area contributed by atoms with Crippen LogP contribution >= 0.6 is 0 Å². The Kier molecular flexibility index (Phi) is 5.40. The van der Waals surface area contributed by atoms with Crippen molar-refractivity contribution in [3.05, 3.63) is 29.8 Å². The van der Waals surface area contributed by atoms with Gasteiger partial charge in [-0.2, -0.15) is 4.31 Å². The molecule has 1 aromatic rings. The molecule has 21 heavy (non-hydrogen) atoms. The standard InChI is InChI=1S/C16H22N2O2S/c1-2-18(13-15-5-3-6-15)21(19,20)16-10-8-14(9-11-16)7-4-12-17/h8-11,15H,2-3,5-6,12-13,17H2,1H3. The molecule has 1 saturated carbocycles. The van der Waals surface area contributed by atoms with E-state index < -0.39 is 10.0 Å². The van der Waals surface area contributed by atoms with Crippen LogP contribution in [0.1, 0.15) is 31.7 Å². The van der Waals surface area contributed by atoms with E-state index in [1.807, 2.05) is 6.92 Å². The Balaban J connectivity index is 2.16. The molecule has 0 spiro atoms. The normalized spacial score (nSPS) is 15.4. The van der Waals surface area contributed by atoms with Crippen LogP contribution in [0, 0.1) is 17.8 Å². The van der Waals surface area contributed by atoms with Gasteiger partial charge in [0.2, 0.25) is 10.0 Å². The average molecular weight is 306 g/mol. The lowest BCUT2D eigenvalue weighted by molar-refractivity contribution is 0.250. The van der Waals surface area contributed by atoms with Crippen LogP contribution in [0.3, 0.4) is 0 Å². The van der Waals surface area contributed by atoms with Crippen LogP contribution in [-0.2, 0) is 10.0 Å². The summed E-state index contributed by atoms with van der Waals surface area (Å²) in [6, 6.07) is 6.71. The van der Waals surface area contributed by atoms with E-state index in [-0.39, 0.29) is 0 Å². The minimum Gasteiger partial charge on any atom is -0.320 e. The molecule has 1 aliphatic carbocycles. The number of hydrogen-bond donors (Lipinski definition) is 1. The monoisotopic (exact) mass is 306 g/mol. The number of nitrogens with zero attached hydrogens (tertiary/aromatic N) is 1. The Bertz CT molecular complexity index is 622. The molecule has 0 aromatic heterocycles. The Morgan fingerprint density at radius 2 is 1.95 bits per heavy atom. The molecular weight excluding hydrogens is 284 g/mol. The second kappa shape index (κ2) is 7.08. The third kappa shape index (κ3) is 3.85. The second-order valence-electron chi connectivity index (χ2n) is 5.28. The highest BCUT2D eigenvalue weighted by Gasteiger charge is 2.28. The van der Waals surface area contributed by atoms with Crippen molar-refractivity contribution in [3.63, 3.8) is 0 Å². The van der Waals surface area contributed by atoms with E-state index in [1.165, 1.54) is 6.42 Å². The molecule has 1 aromatic carbocycles. The van der Waals surface area contributed by atoms with Crippen LogP contribution in [0.4, 0.5) is 0 Å². The van der Waals surface area contributed by atoms with Gasteiger partial charge < -0.3 is 5.73 Å². The molecular formula is C16H22N2O2S. The SMILES string of the molecule is CCN(CC1CCC1)S(=O)(=O)c1ccc(C#CCN)cc1. The molecule has 0 heterocycles. The van der Waals surface area contributed by atoms with Crippen LogP contribution in [0.5, 0.6) is 0 Å². The summed E-state index contributed by atoms with van der Waals surface area (Å²) in [7, 11) is -3.40. The average Bonchev–Trinajstić information content (AvgIpc) is 2.44. The summed E-state index contributed by atoms with van der Waals surface area (Å²) in [6.07, 6.45) is 3.50. The van der Waals surface area contributed by atoms with E-state index >= 15 is 0 Å². The number of nitrogens with two attached hydrogens (primary N) is 1. The molecule has 0 aliphatic heterocycles. The zero-order valence-electron chi connectivity index (χ0n) is 12.4. The zero-order chi connectivity index (χ0) is 15.3. The maximum atomic E-state index is 12.6. The smallest absolute Gasteiger partial charge is 0.243 e. The Morgan fingerprint density at radius 3 is 2.43 bits per heavy atom. The first-order chi connectivity index (χ1) is 10.1. The fourth-order valence-electron chi connectivity index (χ4n) is 2.37. The molecule has 2 N–H and O–H groups in total. The molecule has 0 amide bonds. The first-order valence-electron chi connectivity index (χ1n) is 7.37. The first-order valence-corrected chi connectivity index (χ1v) is 8.81. The minimum atomic E-state index is -3.40. The van der Waals surface area contributed by atoms with E-state index in [1.54, 1.807) is 28.6 Å². The molecule has 0 unspecified atom stereocenters. The summed E-state index contributed by atoms with van der Waals surface area (Å²) in [6.45, 7) is 3.32. The molecule has 114 valence electrons. The lowest BCUT2D eigenvalue weighted by Gasteiger charge is -2.31. The van der Waals surface area contributed by atoms with Crippen molar-refractivity contribution in [2.45, 2.75) is 31.1 Å². The summed E-state index contributed by atoms with van der Waals surface area (Å²) in [5, 5.41) is 0. The van der Waals surface area contributed by atoms with Gasteiger partial charge in [-0.3, -0.25) is 0 Å². The number of hydrogen-bond acceptors (Lipinski definition) is 3. The van der Waals surface area contributed by atoms with Crippen molar-refractivity contribution < 1.29 is 8.42 Å². The van der Waals surface area contributed by atoms with Gasteiger partial charge in [-0.25, -0.2) is 8.42 Å². The van der Waals surface area contributed by atoms with Gasteiger partial charge in [-0.05, 0) is 43.0 Å². The molecule has 0 atom stereocenters. The highest BCUT2D eigenvalue weighted by atomic mass is 32.2. The number of sulfonamides is 1. The van der Waals surface area contributed by atoms with Crippen molar-refractivity contribution in [3.8, 4) is 11.8 Å². The minimum absolute atomic E-state index is 0.297. The number of benzene rings is 1. The highest BCUT2D eigenvalue weighted by molar-refractivity contribution is 7.89. The Morgan fingerprint density at radius 1 is 1.29 bits per heavy atom. The topological polar surface area (TPSA) is 63.4 Å². The quantitative estimate of drug-likeness (QED) is 0.844. The van der Waals surface area contributed by atoms with Gasteiger partial charge in [-0.15, -0.1) is 0 Å². The molecule has 0 bridgehead atoms. The van der Waals surface area contributed by atoms with Gasteiger partial charge in [-0.1, -0.05) is 25.2 Å². The van der Waals surface area contributed by atoms with Crippen molar-refractivity contribution >= 4 is 10.0 Å². The van der Waals surface area contributed by atoms with Crippen LogP contribution in [0.15, 0.2) is 29.2 Å². The van der Waals surface area contributed by atoms with Crippen molar-refractivity contribution in [1.29, 1.82) is 0 Å². The van der Waals surface area contributed by atoms with E-state index in [2.05, 4.69) is 11.8 Å². The molecule has 5 heteroatoms. The fraction of sp³-hybridized carbons (Fsp3) is 0.500. The third-order valence-electron chi connectivity index (χ3n) is 3.87. The lowest BCUT2D eigenvalue weighted by Crippen LogP contribution is -2.37. The molecule has 0 saturated heterocycles. The maximum Gasteiger partial charge on any atom is 0.243 e. The Hall–Kier alpha value is -1.35. The van der Waals surface area contributed by atoms with E-state index in [9.17, 15) is 8.42 Å². The summed E-state index contributed by atoms with van der Waals surface area (Å²) >= 11 is 0. The lowest BCUT2D eigenvalue weighted by atomic mass is 9.85. The molecule has 1 fully saturated rings. The maximum absolute atomic E-state index is 12.6. The van der Waals surface area contributed by atoms with Gasteiger partial charge in [0, 0.05) is 18.7 Å². The largest absolute Gasteiger partial charge is 0.320 e. The predicted molar refractivity (Wildman–Crippen MR) is 84.1 cm³/mol. The van der Waals surface area contributed by atoms with Crippen molar-refractivity contribution in [2.24, 2.45) is 11.7 Å². The van der Waals surface area contributed by atoms with Gasteiger partial charge in [0.05, 0.1) is 11.4 Å². The Labute approximate surface area is 127 Å². The van der Waals surface area contributed by atoms with Crippen LogP contribution in [0.2, 0.25) is 0 Å². The van der Waals surface area contributed by atoms with Gasteiger partial charge >= 0.3 is 0 Å². The van der Waals surface area contributed by atoms with E-state index in [0.717, 1.165) is 18.4 Å². The number of rotatable bonds is 5. The van der Waals surface area contributed by atoms with Crippen molar-refractivity contribution in [2.75, 3.05) is 19.6 Å². The predicted octanol–water partition coefficient (Wildman–Crippen LogP) is 1.81. The molecule has 4 nitrogen and oxygen atoms in total. The molecule has 0 radical (unpaired) electrons. The van der Waals surface area contributed by atoms with Gasteiger partial charge in [0.25, 0.3) is 0 Å². The third-order valence-corrected chi connectivity index (χ3v) is 5.82. The van der Waals surface area contributed by atoms with Gasteiger partial charge in [0.1, 0.15) is 0 Å². The van der Waals surface area contributed by atoms with E-state index in [0.29, 0.717) is 30.4 Å². The van der Waals surface area contributed by atoms with Gasteiger partial charge in [0.15, 0.2) is 0 Å². The highest BCUT2D eigenvalue weighted by Crippen LogP contribution is 2.29. The summed E-state index contributed by atoms with van der Waals surface area (Å²) in [5.41, 5.74) is 6.10. The molecule has 1 aliphatic rings. The van der Waals surface area contributed by atoms with Crippen LogP contribution in [0.25, 0.3) is 0 Å². The first kappa shape index (κ1) is 16.0. The van der Waals surface area contributed by atoms with Crippen LogP contribution < -0.4 is 5.73 Å².